The Morgan fingerprint density at radius 2 is 2.50 bits per heavy atom. The topological polar surface area (TPSA) is 82.2 Å². The second-order valence-electron chi connectivity index (χ2n) is 3.67. The minimum Gasteiger partial charge on any atom is -0.383 e. The Bertz CT molecular complexity index is 337. The van der Waals surface area contributed by atoms with Crippen LogP contribution in [0.25, 0.3) is 0 Å². The van der Waals surface area contributed by atoms with Crippen LogP contribution in [0.15, 0.2) is 12.5 Å². The van der Waals surface area contributed by atoms with Gasteiger partial charge in [-0.05, 0) is 6.92 Å². The second-order valence-corrected chi connectivity index (χ2v) is 3.67. The summed E-state index contributed by atoms with van der Waals surface area (Å²) in [6, 6.07) is 0.00926. The maximum absolute atomic E-state index is 11.5. The van der Waals surface area contributed by atoms with E-state index in [2.05, 4.69) is 10.3 Å². The second kappa shape index (κ2) is 6.24. The van der Waals surface area contributed by atoms with Crippen LogP contribution in [0.4, 0.5) is 0 Å². The molecule has 0 aromatic carbocycles. The molecule has 0 aliphatic heterocycles. The third-order valence-electron chi connectivity index (χ3n) is 2.05. The van der Waals surface area contributed by atoms with E-state index in [0.717, 1.165) is 5.69 Å². The minimum atomic E-state index is -0.0643. The first kappa shape index (κ1) is 12.7. The van der Waals surface area contributed by atoms with Crippen LogP contribution < -0.4 is 11.1 Å². The molecule has 1 amide bonds. The van der Waals surface area contributed by atoms with E-state index < -0.39 is 0 Å². The zero-order chi connectivity index (χ0) is 12.0. The largest absolute Gasteiger partial charge is 0.383 e. The van der Waals surface area contributed by atoms with E-state index >= 15 is 0 Å². The van der Waals surface area contributed by atoms with Gasteiger partial charge in [-0.1, -0.05) is 0 Å². The summed E-state index contributed by atoms with van der Waals surface area (Å²) in [6.45, 7) is 3.03. The van der Waals surface area contributed by atoms with Crippen LogP contribution in [0.2, 0.25) is 0 Å². The first-order valence-corrected chi connectivity index (χ1v) is 5.14. The molecule has 0 fully saturated rings. The first-order valence-electron chi connectivity index (χ1n) is 5.14. The van der Waals surface area contributed by atoms with Gasteiger partial charge in [0.2, 0.25) is 5.91 Å². The van der Waals surface area contributed by atoms with Gasteiger partial charge < -0.3 is 20.4 Å². The Hall–Kier alpha value is -1.40. The summed E-state index contributed by atoms with van der Waals surface area (Å²) in [6.07, 6.45) is 3.36. The smallest absolute Gasteiger partial charge is 0.240 e. The number of imidazole rings is 1. The summed E-state index contributed by atoms with van der Waals surface area (Å²) < 4.78 is 6.63. The van der Waals surface area contributed by atoms with E-state index in [0.29, 0.717) is 13.2 Å². The number of nitrogens with one attached hydrogen (secondary N) is 1. The molecule has 0 aliphatic rings. The molecule has 0 spiro atoms. The Labute approximate surface area is 94.8 Å². The zero-order valence-electron chi connectivity index (χ0n) is 9.64. The Morgan fingerprint density at radius 1 is 1.75 bits per heavy atom. The highest BCUT2D eigenvalue weighted by Crippen LogP contribution is 1.94. The number of rotatable bonds is 6. The normalized spacial score (nSPS) is 12.4. The molecule has 16 heavy (non-hydrogen) atoms. The van der Waals surface area contributed by atoms with Gasteiger partial charge in [-0.25, -0.2) is 4.98 Å². The first-order chi connectivity index (χ1) is 7.65. The summed E-state index contributed by atoms with van der Waals surface area (Å²) in [7, 11) is 1.60. The SMILES string of the molecule is COCC(C)NC(=O)Cn1cnc(CN)c1. The molecule has 1 aromatic heterocycles. The predicted octanol–water partition coefficient (Wildman–Crippen LogP) is -0.507. The van der Waals surface area contributed by atoms with E-state index in [1.807, 2.05) is 6.92 Å². The number of amides is 1. The Balaban J connectivity index is 2.39. The van der Waals surface area contributed by atoms with Crippen molar-refractivity contribution in [1.82, 2.24) is 14.9 Å². The number of nitrogens with two attached hydrogens (primary N) is 1. The molecule has 0 aliphatic carbocycles. The molecule has 3 N–H and O–H groups in total. The van der Waals surface area contributed by atoms with Gasteiger partial charge in [0.15, 0.2) is 0 Å². The van der Waals surface area contributed by atoms with E-state index in [1.165, 1.54) is 0 Å². The van der Waals surface area contributed by atoms with Gasteiger partial charge in [0.25, 0.3) is 0 Å². The molecule has 0 bridgehead atoms. The quantitative estimate of drug-likeness (QED) is 0.684. The van der Waals surface area contributed by atoms with Crippen molar-refractivity contribution in [2.24, 2.45) is 5.73 Å². The fourth-order valence-electron chi connectivity index (χ4n) is 1.38. The van der Waals surface area contributed by atoms with Gasteiger partial charge in [-0.3, -0.25) is 4.79 Å². The summed E-state index contributed by atoms with van der Waals surface area (Å²) >= 11 is 0. The highest BCUT2D eigenvalue weighted by atomic mass is 16.5. The highest BCUT2D eigenvalue weighted by molar-refractivity contribution is 5.76. The monoisotopic (exact) mass is 226 g/mol. The number of ether oxygens (including phenoxy) is 1. The molecule has 6 nitrogen and oxygen atoms in total. The molecule has 1 rings (SSSR count). The molecule has 1 aromatic rings. The Kier molecular flexibility index (Phi) is 4.94. The lowest BCUT2D eigenvalue weighted by molar-refractivity contribution is -0.122. The number of hydrogen-bond acceptors (Lipinski definition) is 4. The Morgan fingerprint density at radius 3 is 3.06 bits per heavy atom. The van der Waals surface area contributed by atoms with E-state index in [-0.39, 0.29) is 18.5 Å². The van der Waals surface area contributed by atoms with Crippen molar-refractivity contribution in [3.05, 3.63) is 18.2 Å². The van der Waals surface area contributed by atoms with Crippen molar-refractivity contribution in [3.8, 4) is 0 Å². The standard InChI is InChI=1S/C10H18N4O2/c1-8(6-16-2)13-10(15)5-14-4-9(3-11)12-7-14/h4,7-8H,3,5-6,11H2,1-2H3,(H,13,15). The van der Waals surface area contributed by atoms with Gasteiger partial charge in [0, 0.05) is 25.9 Å². The number of hydrogen-bond donors (Lipinski definition) is 2. The lowest BCUT2D eigenvalue weighted by Crippen LogP contribution is -2.37. The summed E-state index contributed by atoms with van der Waals surface area (Å²) in [5, 5.41) is 2.81. The number of carbonyl (C=O) groups is 1. The molecule has 0 radical (unpaired) electrons. The maximum Gasteiger partial charge on any atom is 0.240 e. The molecule has 0 saturated carbocycles. The van der Waals surface area contributed by atoms with Crippen LogP contribution in [0.1, 0.15) is 12.6 Å². The minimum absolute atomic E-state index is 0.00926. The van der Waals surface area contributed by atoms with Crippen molar-refractivity contribution in [2.45, 2.75) is 26.1 Å². The summed E-state index contributed by atoms with van der Waals surface area (Å²) in [5.41, 5.74) is 6.20. The molecule has 1 heterocycles. The van der Waals surface area contributed by atoms with Gasteiger partial charge in [-0.2, -0.15) is 0 Å². The molecule has 1 unspecified atom stereocenters. The van der Waals surface area contributed by atoms with Crippen molar-refractivity contribution in [3.63, 3.8) is 0 Å². The summed E-state index contributed by atoms with van der Waals surface area (Å²) in [5.74, 6) is -0.0643. The summed E-state index contributed by atoms with van der Waals surface area (Å²) in [4.78, 5) is 15.6. The van der Waals surface area contributed by atoms with Crippen LogP contribution in [-0.4, -0.2) is 35.2 Å². The molecule has 6 heteroatoms. The van der Waals surface area contributed by atoms with Gasteiger partial charge in [0.1, 0.15) is 6.54 Å². The average Bonchev–Trinajstić information content (AvgIpc) is 2.65. The lowest BCUT2D eigenvalue weighted by Gasteiger charge is -2.12. The van der Waals surface area contributed by atoms with Crippen LogP contribution in [-0.2, 0) is 22.6 Å². The third kappa shape index (κ3) is 4.00. The molecule has 0 saturated heterocycles. The van der Waals surface area contributed by atoms with Crippen LogP contribution >= 0.6 is 0 Å². The fraction of sp³-hybridized carbons (Fsp3) is 0.600. The predicted molar refractivity (Wildman–Crippen MR) is 59.6 cm³/mol. The third-order valence-corrected chi connectivity index (χ3v) is 2.05. The fourth-order valence-corrected chi connectivity index (χ4v) is 1.38. The van der Waals surface area contributed by atoms with E-state index in [1.54, 1.807) is 24.2 Å². The van der Waals surface area contributed by atoms with Gasteiger partial charge >= 0.3 is 0 Å². The van der Waals surface area contributed by atoms with Crippen LogP contribution in [0, 0.1) is 0 Å². The highest BCUT2D eigenvalue weighted by Gasteiger charge is 2.07. The van der Waals surface area contributed by atoms with Crippen molar-refractivity contribution >= 4 is 5.91 Å². The van der Waals surface area contributed by atoms with E-state index in [9.17, 15) is 4.79 Å². The zero-order valence-corrected chi connectivity index (χ0v) is 9.64. The van der Waals surface area contributed by atoms with Crippen LogP contribution in [0.3, 0.4) is 0 Å². The maximum atomic E-state index is 11.5. The molecular weight excluding hydrogens is 208 g/mol. The lowest BCUT2D eigenvalue weighted by atomic mass is 10.3. The number of aromatic nitrogens is 2. The van der Waals surface area contributed by atoms with Crippen molar-refractivity contribution in [2.75, 3.05) is 13.7 Å². The van der Waals surface area contributed by atoms with Gasteiger partial charge in [0.05, 0.1) is 18.6 Å². The van der Waals surface area contributed by atoms with Crippen LogP contribution in [0.5, 0.6) is 0 Å². The number of carbonyl (C=O) groups excluding carboxylic acids is 1. The number of nitrogens with zero attached hydrogens (tertiary/aromatic N) is 2. The molecular formula is C10H18N4O2. The van der Waals surface area contributed by atoms with E-state index in [4.69, 9.17) is 10.5 Å². The van der Waals surface area contributed by atoms with Gasteiger partial charge in [-0.15, -0.1) is 0 Å². The van der Waals surface area contributed by atoms with Crippen molar-refractivity contribution in [1.29, 1.82) is 0 Å². The average molecular weight is 226 g/mol. The number of methoxy groups -OCH3 is 1. The molecule has 1 atom stereocenters. The molecule has 90 valence electrons. The van der Waals surface area contributed by atoms with Crippen molar-refractivity contribution < 1.29 is 9.53 Å².